The molecule has 1 aliphatic heterocycles. The molecule has 1 atom stereocenters. The van der Waals surface area contributed by atoms with Crippen molar-refractivity contribution in [2.24, 2.45) is 0 Å². The number of carbonyl (C=O) groups is 1. The first-order chi connectivity index (χ1) is 7.68. The Kier molecular flexibility index (Phi) is 3.41. The van der Waals surface area contributed by atoms with Crippen LogP contribution in [-0.2, 0) is 4.79 Å². The van der Waals surface area contributed by atoms with Crippen LogP contribution in [0.2, 0.25) is 0 Å². The molecule has 1 aliphatic rings. The molecule has 0 unspecified atom stereocenters. The number of halogens is 1. The summed E-state index contributed by atoms with van der Waals surface area (Å²) in [5.74, 6) is 0.359. The molecule has 0 aromatic carbocycles. The number of carbonyl (C=O) groups excluding carboxylic acids is 1. The summed E-state index contributed by atoms with van der Waals surface area (Å²) in [7, 11) is 0. The van der Waals surface area contributed by atoms with Crippen LogP contribution < -0.4 is 9.74 Å². The van der Waals surface area contributed by atoms with Crippen molar-refractivity contribution in [1.82, 2.24) is 10.3 Å². The summed E-state index contributed by atoms with van der Waals surface area (Å²) >= 11 is 5.99. The Morgan fingerprint density at radius 1 is 1.62 bits per heavy atom. The molecular formula is C11H14ClN3O. The Morgan fingerprint density at radius 2 is 2.44 bits per heavy atom. The monoisotopic (exact) mass is 239 g/mol. The lowest BCUT2D eigenvalue weighted by molar-refractivity contribution is -0.119. The summed E-state index contributed by atoms with van der Waals surface area (Å²) in [5, 5.41) is 3.12. The number of anilines is 1. The number of nitrogens with one attached hydrogen (secondary N) is 1. The predicted molar refractivity (Wildman–Crippen MR) is 63.3 cm³/mol. The molecule has 2 rings (SSSR count). The number of nitrogens with zero attached hydrogens (tertiary/aromatic N) is 2. The molecule has 1 saturated heterocycles. The lowest BCUT2D eigenvalue weighted by Crippen LogP contribution is -2.39. The van der Waals surface area contributed by atoms with E-state index in [1.165, 1.54) is 0 Å². The maximum absolute atomic E-state index is 11.9. The maximum atomic E-state index is 11.9. The van der Waals surface area contributed by atoms with Crippen molar-refractivity contribution >= 4 is 23.5 Å². The van der Waals surface area contributed by atoms with Crippen LogP contribution >= 0.6 is 11.8 Å². The van der Waals surface area contributed by atoms with Crippen LogP contribution in [0.15, 0.2) is 18.2 Å². The Labute approximate surface area is 99.7 Å². The van der Waals surface area contributed by atoms with E-state index in [4.69, 9.17) is 11.8 Å². The number of rotatable bonds is 2. The molecule has 2 heterocycles. The van der Waals surface area contributed by atoms with Crippen LogP contribution in [0, 0.1) is 6.92 Å². The van der Waals surface area contributed by atoms with E-state index in [1.807, 2.05) is 19.1 Å². The minimum atomic E-state index is -0.167. The Bertz CT molecular complexity index is 391. The van der Waals surface area contributed by atoms with Gasteiger partial charge in [-0.25, -0.2) is 9.40 Å². The molecule has 1 aromatic heterocycles. The Morgan fingerprint density at radius 3 is 3.06 bits per heavy atom. The summed E-state index contributed by atoms with van der Waals surface area (Å²) in [6.45, 7) is 2.74. The minimum absolute atomic E-state index is 0.128. The summed E-state index contributed by atoms with van der Waals surface area (Å²) in [6, 6.07) is 5.27. The molecule has 0 bridgehead atoms. The third-order valence-electron chi connectivity index (χ3n) is 2.63. The largest absolute Gasteiger partial charge is 0.306 e. The quantitative estimate of drug-likeness (QED) is 0.798. The fourth-order valence-corrected chi connectivity index (χ4v) is 1.99. The van der Waals surface area contributed by atoms with Gasteiger partial charge in [0.05, 0.1) is 6.04 Å². The van der Waals surface area contributed by atoms with Crippen LogP contribution in [0.3, 0.4) is 0 Å². The standard InChI is InChI=1S/C11H14ClN3O/c1-8-4-2-6-10(14-8)15(12)11(16)9-5-3-7-13-9/h2,4,6,9,13H,3,5,7H2,1H3/t9-/m0/s1. The van der Waals surface area contributed by atoms with Crippen molar-refractivity contribution in [3.63, 3.8) is 0 Å². The molecule has 16 heavy (non-hydrogen) atoms. The third-order valence-corrected chi connectivity index (χ3v) is 2.97. The van der Waals surface area contributed by atoms with E-state index in [1.54, 1.807) is 6.07 Å². The fourth-order valence-electron chi connectivity index (χ4n) is 1.78. The Balaban J connectivity index is 2.11. The number of pyridine rings is 1. The number of hydrogen-bond donors (Lipinski definition) is 1. The van der Waals surface area contributed by atoms with Gasteiger partial charge in [-0.1, -0.05) is 6.07 Å². The summed E-state index contributed by atoms with van der Waals surface area (Å²) in [4.78, 5) is 16.2. The lowest BCUT2D eigenvalue weighted by atomic mass is 10.2. The average Bonchev–Trinajstić information content (AvgIpc) is 2.80. The summed E-state index contributed by atoms with van der Waals surface area (Å²) < 4.78 is 1.11. The van der Waals surface area contributed by atoms with Gasteiger partial charge in [-0.15, -0.1) is 0 Å². The zero-order valence-corrected chi connectivity index (χ0v) is 9.87. The van der Waals surface area contributed by atoms with Gasteiger partial charge >= 0.3 is 0 Å². The SMILES string of the molecule is Cc1cccc(N(Cl)C(=O)[C@@H]2CCCN2)n1. The minimum Gasteiger partial charge on any atom is -0.306 e. The van der Waals surface area contributed by atoms with Gasteiger partial charge in [-0.2, -0.15) is 0 Å². The van der Waals surface area contributed by atoms with E-state index in [2.05, 4.69) is 10.3 Å². The molecule has 1 aromatic rings. The zero-order chi connectivity index (χ0) is 11.5. The summed E-state index contributed by atoms with van der Waals surface area (Å²) in [5.41, 5.74) is 0.843. The highest BCUT2D eigenvalue weighted by molar-refractivity contribution is 6.37. The van der Waals surface area contributed by atoms with Crippen LogP contribution in [0.25, 0.3) is 0 Å². The van der Waals surface area contributed by atoms with Crippen LogP contribution in [0.1, 0.15) is 18.5 Å². The van der Waals surface area contributed by atoms with Crippen LogP contribution in [-0.4, -0.2) is 23.5 Å². The van der Waals surface area contributed by atoms with Gasteiger partial charge in [0, 0.05) is 17.5 Å². The number of amides is 1. The van der Waals surface area contributed by atoms with Gasteiger partial charge in [0.15, 0.2) is 5.82 Å². The van der Waals surface area contributed by atoms with Crippen molar-refractivity contribution in [3.05, 3.63) is 23.9 Å². The van der Waals surface area contributed by atoms with Gasteiger partial charge in [0.2, 0.25) is 0 Å². The van der Waals surface area contributed by atoms with Gasteiger partial charge in [-0.3, -0.25) is 4.79 Å². The molecule has 1 N–H and O–H groups in total. The van der Waals surface area contributed by atoms with E-state index in [9.17, 15) is 4.79 Å². The highest BCUT2D eigenvalue weighted by Gasteiger charge is 2.27. The number of hydrogen-bond acceptors (Lipinski definition) is 3. The van der Waals surface area contributed by atoms with Crippen LogP contribution in [0.4, 0.5) is 5.82 Å². The molecule has 4 nitrogen and oxygen atoms in total. The highest BCUT2D eigenvalue weighted by Crippen LogP contribution is 2.17. The second kappa shape index (κ2) is 4.80. The molecule has 1 amide bonds. The Hall–Kier alpha value is -1.13. The molecule has 1 fully saturated rings. The molecule has 0 radical (unpaired) electrons. The first kappa shape index (κ1) is 11.4. The van der Waals surface area contributed by atoms with E-state index >= 15 is 0 Å². The molecule has 5 heteroatoms. The smallest absolute Gasteiger partial charge is 0.260 e. The van der Waals surface area contributed by atoms with Crippen LogP contribution in [0.5, 0.6) is 0 Å². The fraction of sp³-hybridized carbons (Fsp3) is 0.455. The van der Waals surface area contributed by atoms with E-state index < -0.39 is 0 Å². The topological polar surface area (TPSA) is 45.2 Å². The van der Waals surface area contributed by atoms with E-state index in [0.717, 1.165) is 29.5 Å². The molecule has 0 saturated carbocycles. The second-order valence-corrected chi connectivity index (χ2v) is 4.24. The van der Waals surface area contributed by atoms with Gasteiger partial charge in [0.25, 0.3) is 5.91 Å². The number of aryl methyl sites for hydroxylation is 1. The van der Waals surface area contributed by atoms with E-state index in [-0.39, 0.29) is 11.9 Å². The first-order valence-corrected chi connectivity index (χ1v) is 5.69. The van der Waals surface area contributed by atoms with Crippen molar-refractivity contribution in [2.45, 2.75) is 25.8 Å². The third kappa shape index (κ3) is 2.33. The second-order valence-electron chi connectivity index (χ2n) is 3.91. The highest BCUT2D eigenvalue weighted by atomic mass is 35.5. The normalized spacial score (nSPS) is 19.8. The van der Waals surface area contributed by atoms with Crippen molar-refractivity contribution < 1.29 is 4.79 Å². The van der Waals surface area contributed by atoms with E-state index in [0.29, 0.717) is 5.82 Å². The molecular weight excluding hydrogens is 226 g/mol. The molecule has 0 spiro atoms. The lowest BCUT2D eigenvalue weighted by Gasteiger charge is -2.17. The van der Waals surface area contributed by atoms with Crippen molar-refractivity contribution in [1.29, 1.82) is 0 Å². The predicted octanol–water partition coefficient (Wildman–Crippen LogP) is 1.63. The maximum Gasteiger partial charge on any atom is 0.260 e. The number of aromatic nitrogens is 1. The van der Waals surface area contributed by atoms with Crippen molar-refractivity contribution in [2.75, 3.05) is 11.0 Å². The summed E-state index contributed by atoms with van der Waals surface area (Å²) in [6.07, 6.45) is 1.86. The van der Waals surface area contributed by atoms with Gasteiger partial charge < -0.3 is 5.32 Å². The van der Waals surface area contributed by atoms with Crippen molar-refractivity contribution in [3.8, 4) is 0 Å². The van der Waals surface area contributed by atoms with Gasteiger partial charge in [-0.05, 0) is 38.4 Å². The molecule has 0 aliphatic carbocycles. The van der Waals surface area contributed by atoms with Gasteiger partial charge in [0.1, 0.15) is 0 Å². The molecule has 86 valence electrons. The average molecular weight is 240 g/mol. The first-order valence-electron chi connectivity index (χ1n) is 5.35. The zero-order valence-electron chi connectivity index (χ0n) is 9.11.